The second-order valence-corrected chi connectivity index (χ2v) is 7.60. The van der Waals surface area contributed by atoms with Crippen molar-refractivity contribution in [2.45, 2.75) is 11.5 Å². The first kappa shape index (κ1) is 19.2. The maximum absolute atomic E-state index is 12.4. The summed E-state index contributed by atoms with van der Waals surface area (Å²) in [6.45, 7) is 0.356. The molecule has 8 heteroatoms. The predicted molar refractivity (Wildman–Crippen MR) is 107 cm³/mol. The van der Waals surface area contributed by atoms with E-state index in [2.05, 4.69) is 15.5 Å². The second-order valence-electron chi connectivity index (χ2n) is 5.49. The zero-order chi connectivity index (χ0) is 19.1. The van der Waals surface area contributed by atoms with Gasteiger partial charge in [0.25, 0.3) is 5.91 Å². The van der Waals surface area contributed by atoms with E-state index in [1.807, 2.05) is 24.3 Å². The standard InChI is InChI=1S/C19H17N3O3S2/c1-25-11-17-21-22-19(27-17)20-18(24)14-8-5-9-15(10-14)26-12-16(23)13-6-3-2-4-7-13/h2-10H,11-12H2,1H3,(H,20,22,24). The van der Waals surface area contributed by atoms with Crippen molar-refractivity contribution in [1.82, 2.24) is 10.2 Å². The predicted octanol–water partition coefficient (Wildman–Crippen LogP) is 3.91. The molecule has 1 amide bonds. The third kappa shape index (κ3) is 5.46. The fourth-order valence-electron chi connectivity index (χ4n) is 2.24. The number of rotatable bonds is 8. The van der Waals surface area contributed by atoms with Gasteiger partial charge >= 0.3 is 0 Å². The van der Waals surface area contributed by atoms with Crippen molar-refractivity contribution in [2.75, 3.05) is 18.2 Å². The number of carbonyl (C=O) groups excluding carboxylic acids is 2. The van der Waals surface area contributed by atoms with Crippen LogP contribution in [0.15, 0.2) is 59.5 Å². The Morgan fingerprint density at radius 3 is 2.63 bits per heavy atom. The zero-order valence-corrected chi connectivity index (χ0v) is 16.2. The molecule has 1 N–H and O–H groups in total. The molecule has 27 heavy (non-hydrogen) atoms. The number of carbonyl (C=O) groups is 2. The molecule has 0 bridgehead atoms. The maximum Gasteiger partial charge on any atom is 0.257 e. The summed E-state index contributed by atoms with van der Waals surface area (Å²) in [5.41, 5.74) is 1.18. The molecular weight excluding hydrogens is 382 g/mol. The van der Waals surface area contributed by atoms with E-state index in [1.54, 1.807) is 37.4 Å². The summed E-state index contributed by atoms with van der Waals surface area (Å²) in [5, 5.41) is 11.7. The molecule has 0 fully saturated rings. The number of benzene rings is 2. The normalized spacial score (nSPS) is 10.6. The van der Waals surface area contributed by atoms with Gasteiger partial charge in [0, 0.05) is 23.1 Å². The highest BCUT2D eigenvalue weighted by Gasteiger charge is 2.12. The van der Waals surface area contributed by atoms with Crippen LogP contribution in [0.25, 0.3) is 0 Å². The van der Waals surface area contributed by atoms with Crippen molar-refractivity contribution in [2.24, 2.45) is 0 Å². The van der Waals surface area contributed by atoms with E-state index in [-0.39, 0.29) is 11.7 Å². The van der Waals surface area contributed by atoms with Crippen LogP contribution in [0.5, 0.6) is 0 Å². The van der Waals surface area contributed by atoms with Crippen LogP contribution in [-0.2, 0) is 11.3 Å². The zero-order valence-electron chi connectivity index (χ0n) is 14.5. The number of anilines is 1. The van der Waals surface area contributed by atoms with Gasteiger partial charge in [0.1, 0.15) is 11.6 Å². The van der Waals surface area contributed by atoms with Crippen LogP contribution in [0.2, 0.25) is 0 Å². The Hall–Kier alpha value is -2.55. The number of methoxy groups -OCH3 is 1. The van der Waals surface area contributed by atoms with Crippen LogP contribution in [0.1, 0.15) is 25.7 Å². The largest absolute Gasteiger partial charge is 0.377 e. The molecule has 0 aliphatic carbocycles. The van der Waals surface area contributed by atoms with Crippen molar-refractivity contribution in [3.63, 3.8) is 0 Å². The van der Waals surface area contributed by atoms with E-state index in [4.69, 9.17) is 4.74 Å². The van der Waals surface area contributed by atoms with Crippen molar-refractivity contribution in [1.29, 1.82) is 0 Å². The number of ketones is 1. The van der Waals surface area contributed by atoms with Gasteiger partial charge in [0.2, 0.25) is 5.13 Å². The lowest BCUT2D eigenvalue weighted by Gasteiger charge is -2.05. The molecule has 0 aliphatic rings. The van der Waals surface area contributed by atoms with Gasteiger partial charge in [-0.2, -0.15) is 0 Å². The minimum absolute atomic E-state index is 0.0509. The van der Waals surface area contributed by atoms with Crippen LogP contribution in [0.4, 0.5) is 5.13 Å². The highest BCUT2D eigenvalue weighted by molar-refractivity contribution is 8.00. The molecule has 0 atom stereocenters. The average Bonchev–Trinajstić information content (AvgIpc) is 3.14. The summed E-state index contributed by atoms with van der Waals surface area (Å²) < 4.78 is 4.99. The van der Waals surface area contributed by atoms with Crippen LogP contribution >= 0.6 is 23.1 Å². The maximum atomic E-state index is 12.4. The summed E-state index contributed by atoms with van der Waals surface area (Å²) in [4.78, 5) is 25.5. The number of amides is 1. The number of hydrogen-bond acceptors (Lipinski definition) is 7. The molecule has 0 unspecified atom stereocenters. The SMILES string of the molecule is COCc1nnc(NC(=O)c2cccc(SCC(=O)c3ccccc3)c2)s1. The first-order valence-corrected chi connectivity index (χ1v) is 9.89. The van der Waals surface area contributed by atoms with Crippen molar-refractivity contribution in [3.8, 4) is 0 Å². The lowest BCUT2D eigenvalue weighted by molar-refractivity contribution is 0.101. The van der Waals surface area contributed by atoms with Gasteiger partial charge in [-0.3, -0.25) is 14.9 Å². The Morgan fingerprint density at radius 2 is 1.85 bits per heavy atom. The fraction of sp³-hybridized carbons (Fsp3) is 0.158. The van der Waals surface area contributed by atoms with Gasteiger partial charge in [-0.15, -0.1) is 22.0 Å². The second kappa shape index (κ2) is 9.40. The van der Waals surface area contributed by atoms with Crippen LogP contribution in [0, 0.1) is 0 Å². The molecule has 1 aromatic heterocycles. The van der Waals surface area contributed by atoms with E-state index >= 15 is 0 Å². The first-order valence-electron chi connectivity index (χ1n) is 8.09. The van der Waals surface area contributed by atoms with Crippen LogP contribution in [0.3, 0.4) is 0 Å². The van der Waals surface area contributed by atoms with Gasteiger partial charge in [-0.25, -0.2) is 0 Å². The number of thioether (sulfide) groups is 1. The Morgan fingerprint density at radius 1 is 1.07 bits per heavy atom. The van der Waals surface area contributed by atoms with Crippen LogP contribution < -0.4 is 5.32 Å². The van der Waals surface area contributed by atoms with Gasteiger partial charge in [-0.1, -0.05) is 47.7 Å². The molecule has 0 saturated carbocycles. The molecular formula is C19H17N3O3S2. The van der Waals surface area contributed by atoms with Gasteiger partial charge < -0.3 is 4.74 Å². The van der Waals surface area contributed by atoms with E-state index < -0.39 is 0 Å². The molecule has 3 rings (SSSR count). The van der Waals surface area contributed by atoms with Crippen molar-refractivity contribution >= 4 is 39.9 Å². The smallest absolute Gasteiger partial charge is 0.257 e. The van der Waals surface area contributed by atoms with Gasteiger partial charge in [-0.05, 0) is 18.2 Å². The number of nitrogens with one attached hydrogen (secondary N) is 1. The summed E-state index contributed by atoms with van der Waals surface area (Å²) in [6, 6.07) is 16.3. The summed E-state index contributed by atoms with van der Waals surface area (Å²) in [6.07, 6.45) is 0. The number of Topliss-reactive ketones (excluding diaryl/α,β-unsaturated/α-hetero) is 1. The lowest BCUT2D eigenvalue weighted by atomic mass is 10.2. The highest BCUT2D eigenvalue weighted by atomic mass is 32.2. The van der Waals surface area contributed by atoms with E-state index in [0.717, 1.165) is 4.90 Å². The molecule has 0 radical (unpaired) electrons. The van der Waals surface area contributed by atoms with E-state index in [9.17, 15) is 9.59 Å². The third-order valence-corrected chi connectivity index (χ3v) is 5.32. The topological polar surface area (TPSA) is 81.2 Å². The van der Waals surface area contributed by atoms with E-state index in [1.165, 1.54) is 23.1 Å². The molecule has 6 nitrogen and oxygen atoms in total. The third-order valence-electron chi connectivity index (χ3n) is 3.52. The molecule has 2 aromatic carbocycles. The monoisotopic (exact) mass is 399 g/mol. The molecule has 0 aliphatic heterocycles. The number of hydrogen-bond donors (Lipinski definition) is 1. The number of nitrogens with zero attached hydrogens (tertiary/aromatic N) is 2. The molecule has 0 spiro atoms. The van der Waals surface area contributed by atoms with Crippen LogP contribution in [-0.4, -0.2) is 34.8 Å². The van der Waals surface area contributed by atoms with Gasteiger partial charge in [0.05, 0.1) is 5.75 Å². The Kier molecular flexibility index (Phi) is 6.69. The Balaban J connectivity index is 1.60. The minimum atomic E-state index is -0.271. The summed E-state index contributed by atoms with van der Waals surface area (Å²) in [5.74, 6) is 0.0909. The average molecular weight is 399 g/mol. The lowest BCUT2D eigenvalue weighted by Crippen LogP contribution is -2.11. The highest BCUT2D eigenvalue weighted by Crippen LogP contribution is 2.22. The molecule has 1 heterocycles. The molecule has 138 valence electrons. The number of ether oxygens (including phenoxy) is 1. The summed E-state index contributed by atoms with van der Waals surface area (Å²) >= 11 is 2.67. The number of aromatic nitrogens is 2. The van der Waals surface area contributed by atoms with Gasteiger partial charge in [0.15, 0.2) is 5.78 Å². The Labute approximate surface area is 165 Å². The van der Waals surface area contributed by atoms with Crippen molar-refractivity contribution < 1.29 is 14.3 Å². The molecule has 3 aromatic rings. The first-order chi connectivity index (χ1) is 13.2. The minimum Gasteiger partial charge on any atom is -0.377 e. The molecule has 0 saturated heterocycles. The van der Waals surface area contributed by atoms with E-state index in [0.29, 0.717) is 33.6 Å². The quantitative estimate of drug-likeness (QED) is 0.457. The fourth-order valence-corrected chi connectivity index (χ4v) is 3.80. The van der Waals surface area contributed by atoms with Crippen molar-refractivity contribution in [3.05, 3.63) is 70.7 Å². The summed E-state index contributed by atoms with van der Waals surface area (Å²) in [7, 11) is 1.57. The Bertz CT molecular complexity index is 929.